The van der Waals surface area contributed by atoms with Crippen molar-refractivity contribution in [2.75, 3.05) is 14.2 Å². The number of amides is 1. The molecular weight excluding hydrogens is 272 g/mol. The molecule has 1 aromatic carbocycles. The van der Waals surface area contributed by atoms with E-state index < -0.39 is 11.9 Å². The zero-order valence-electron chi connectivity index (χ0n) is 11.6. The molecule has 108 valence electrons. The number of guanidine groups is 1. The number of methoxy groups -OCH3 is 1. The lowest BCUT2D eigenvalue weighted by Crippen LogP contribution is -2.34. The standard InChI is InChI=1S/C14H14N4O3/c1-18(15-9-10-6-4-3-5-7-10)14-16-11(13(20)17-14)8-12(19)21-2/h3-9H,1-2H3,(H,16,17,20)/b11-8-,15-9+. The van der Waals surface area contributed by atoms with Gasteiger partial charge in [0, 0.05) is 7.05 Å². The second-order valence-electron chi connectivity index (χ2n) is 4.12. The van der Waals surface area contributed by atoms with Crippen molar-refractivity contribution in [3.8, 4) is 0 Å². The fourth-order valence-electron chi connectivity index (χ4n) is 1.53. The van der Waals surface area contributed by atoms with Crippen LogP contribution in [0.1, 0.15) is 5.56 Å². The molecule has 1 aliphatic rings. The Morgan fingerprint density at radius 1 is 1.38 bits per heavy atom. The normalized spacial score (nSPS) is 16.0. The Bertz CT molecular complexity index is 635. The van der Waals surface area contributed by atoms with E-state index in [9.17, 15) is 9.59 Å². The molecule has 1 heterocycles. The molecule has 7 heteroatoms. The van der Waals surface area contributed by atoms with Gasteiger partial charge in [-0.05, 0) is 5.56 Å². The number of rotatable bonds is 3. The lowest BCUT2D eigenvalue weighted by Gasteiger charge is -2.10. The highest BCUT2D eigenvalue weighted by atomic mass is 16.5. The number of ether oxygens (including phenoxy) is 1. The third-order valence-electron chi connectivity index (χ3n) is 2.63. The van der Waals surface area contributed by atoms with Crippen molar-refractivity contribution in [3.63, 3.8) is 0 Å². The minimum atomic E-state index is -0.638. The van der Waals surface area contributed by atoms with Gasteiger partial charge in [0.1, 0.15) is 5.70 Å². The van der Waals surface area contributed by atoms with Gasteiger partial charge in [0.15, 0.2) is 0 Å². The molecule has 1 amide bonds. The Balaban J connectivity index is 2.10. The van der Waals surface area contributed by atoms with E-state index in [1.807, 2.05) is 30.3 Å². The van der Waals surface area contributed by atoms with E-state index in [0.717, 1.165) is 11.6 Å². The molecule has 0 atom stereocenters. The molecule has 0 radical (unpaired) electrons. The quantitative estimate of drug-likeness (QED) is 0.379. The summed E-state index contributed by atoms with van der Waals surface area (Å²) < 4.78 is 4.45. The number of carbonyl (C=O) groups excluding carboxylic acids is 2. The van der Waals surface area contributed by atoms with Crippen molar-refractivity contribution in [1.82, 2.24) is 10.3 Å². The summed E-state index contributed by atoms with van der Waals surface area (Å²) in [6.45, 7) is 0. The summed E-state index contributed by atoms with van der Waals surface area (Å²) in [5, 5.41) is 8.09. The molecule has 2 rings (SSSR count). The predicted molar refractivity (Wildman–Crippen MR) is 77.5 cm³/mol. The maximum Gasteiger partial charge on any atom is 0.332 e. The van der Waals surface area contributed by atoms with Gasteiger partial charge in [0.05, 0.1) is 19.4 Å². The predicted octanol–water partition coefficient (Wildman–Crippen LogP) is 0.495. The lowest BCUT2D eigenvalue weighted by molar-refractivity contribution is -0.135. The third kappa shape index (κ3) is 3.75. The van der Waals surface area contributed by atoms with Gasteiger partial charge in [0.25, 0.3) is 5.91 Å². The Hall–Kier alpha value is -2.96. The number of benzene rings is 1. The van der Waals surface area contributed by atoms with E-state index >= 15 is 0 Å². The Morgan fingerprint density at radius 2 is 2.10 bits per heavy atom. The largest absolute Gasteiger partial charge is 0.466 e. The van der Waals surface area contributed by atoms with Crippen LogP contribution in [0.4, 0.5) is 0 Å². The first-order valence-corrected chi connectivity index (χ1v) is 6.12. The molecule has 0 spiro atoms. The van der Waals surface area contributed by atoms with Gasteiger partial charge in [-0.15, -0.1) is 0 Å². The minimum absolute atomic E-state index is 0.0152. The van der Waals surface area contributed by atoms with Crippen LogP contribution in [0.3, 0.4) is 0 Å². The Kier molecular flexibility index (Phi) is 4.45. The molecule has 1 N–H and O–H groups in total. The topological polar surface area (TPSA) is 83.4 Å². The highest BCUT2D eigenvalue weighted by molar-refractivity contribution is 6.13. The fraction of sp³-hybridized carbons (Fsp3) is 0.143. The highest BCUT2D eigenvalue weighted by Crippen LogP contribution is 2.07. The van der Waals surface area contributed by atoms with E-state index in [0.29, 0.717) is 0 Å². The van der Waals surface area contributed by atoms with Gasteiger partial charge in [-0.2, -0.15) is 5.10 Å². The fourth-order valence-corrected chi connectivity index (χ4v) is 1.53. The van der Waals surface area contributed by atoms with Crippen LogP contribution >= 0.6 is 0 Å². The van der Waals surface area contributed by atoms with Crippen molar-refractivity contribution in [1.29, 1.82) is 0 Å². The van der Waals surface area contributed by atoms with Crippen LogP contribution in [0.15, 0.2) is 52.2 Å². The summed E-state index contributed by atoms with van der Waals surface area (Å²) in [6.07, 6.45) is 2.66. The van der Waals surface area contributed by atoms with Crippen molar-refractivity contribution in [2.24, 2.45) is 10.1 Å². The van der Waals surface area contributed by atoms with Crippen LogP contribution < -0.4 is 5.32 Å². The number of nitrogens with one attached hydrogen (secondary N) is 1. The van der Waals surface area contributed by atoms with E-state index in [2.05, 4.69) is 20.1 Å². The second-order valence-corrected chi connectivity index (χ2v) is 4.12. The average molecular weight is 286 g/mol. The maximum absolute atomic E-state index is 11.6. The monoisotopic (exact) mass is 286 g/mol. The van der Waals surface area contributed by atoms with E-state index in [4.69, 9.17) is 0 Å². The number of nitrogens with zero attached hydrogens (tertiary/aromatic N) is 3. The molecule has 21 heavy (non-hydrogen) atoms. The van der Waals surface area contributed by atoms with Gasteiger partial charge in [-0.1, -0.05) is 30.3 Å². The molecule has 0 saturated heterocycles. The van der Waals surface area contributed by atoms with Crippen LogP contribution in [-0.4, -0.2) is 43.2 Å². The Labute approximate surface area is 121 Å². The van der Waals surface area contributed by atoms with Gasteiger partial charge in [-0.25, -0.2) is 14.8 Å². The van der Waals surface area contributed by atoms with Gasteiger partial charge in [-0.3, -0.25) is 10.1 Å². The molecule has 0 aromatic heterocycles. The SMILES string of the molecule is COC(=O)/C=C1\N=C(N(C)/N=C/c2ccccc2)NC1=O. The number of aliphatic imine (C=N–C) groups is 1. The van der Waals surface area contributed by atoms with Crippen LogP contribution in [0.25, 0.3) is 0 Å². The van der Waals surface area contributed by atoms with Crippen LogP contribution in [-0.2, 0) is 14.3 Å². The zero-order valence-corrected chi connectivity index (χ0v) is 11.6. The van der Waals surface area contributed by atoms with Crippen molar-refractivity contribution in [2.45, 2.75) is 0 Å². The van der Waals surface area contributed by atoms with Crippen molar-refractivity contribution in [3.05, 3.63) is 47.7 Å². The molecular formula is C14H14N4O3. The summed E-state index contributed by atoms with van der Waals surface area (Å²) in [6, 6.07) is 9.50. The van der Waals surface area contributed by atoms with Crippen LogP contribution in [0.2, 0.25) is 0 Å². The van der Waals surface area contributed by atoms with E-state index in [-0.39, 0.29) is 11.7 Å². The molecule has 0 bridgehead atoms. The first-order valence-electron chi connectivity index (χ1n) is 6.12. The molecule has 0 fully saturated rings. The molecule has 0 unspecified atom stereocenters. The smallest absolute Gasteiger partial charge is 0.332 e. The number of esters is 1. The molecule has 0 aliphatic carbocycles. The van der Waals surface area contributed by atoms with Crippen LogP contribution in [0.5, 0.6) is 0 Å². The molecule has 0 saturated carbocycles. The molecule has 7 nitrogen and oxygen atoms in total. The van der Waals surface area contributed by atoms with Crippen molar-refractivity contribution >= 4 is 24.1 Å². The number of carbonyl (C=O) groups is 2. The third-order valence-corrected chi connectivity index (χ3v) is 2.63. The van der Waals surface area contributed by atoms with E-state index in [1.54, 1.807) is 13.3 Å². The van der Waals surface area contributed by atoms with Gasteiger partial charge < -0.3 is 4.74 Å². The minimum Gasteiger partial charge on any atom is -0.466 e. The van der Waals surface area contributed by atoms with E-state index in [1.165, 1.54) is 12.1 Å². The highest BCUT2D eigenvalue weighted by Gasteiger charge is 2.23. The Morgan fingerprint density at radius 3 is 2.76 bits per heavy atom. The summed E-state index contributed by atoms with van der Waals surface area (Å²) in [4.78, 5) is 26.7. The number of hydrogen-bond donors (Lipinski definition) is 1. The summed E-state index contributed by atoms with van der Waals surface area (Å²) in [5.74, 6) is -0.875. The number of hydrogen-bond acceptors (Lipinski definition) is 6. The van der Waals surface area contributed by atoms with Gasteiger partial charge >= 0.3 is 5.97 Å². The van der Waals surface area contributed by atoms with Crippen LogP contribution in [0, 0.1) is 0 Å². The van der Waals surface area contributed by atoms with Gasteiger partial charge in [0.2, 0.25) is 5.96 Å². The summed E-state index contributed by atoms with van der Waals surface area (Å²) in [5.41, 5.74) is 0.901. The average Bonchev–Trinajstić information content (AvgIpc) is 2.87. The lowest BCUT2D eigenvalue weighted by atomic mass is 10.2. The molecule has 1 aromatic rings. The maximum atomic E-state index is 11.6. The first-order chi connectivity index (χ1) is 10.1. The summed E-state index contributed by atoms with van der Waals surface area (Å²) in [7, 11) is 2.87. The molecule has 1 aliphatic heterocycles. The zero-order chi connectivity index (χ0) is 15.2. The summed E-state index contributed by atoms with van der Waals surface area (Å²) >= 11 is 0. The van der Waals surface area contributed by atoms with Crippen molar-refractivity contribution < 1.29 is 14.3 Å². The first kappa shape index (κ1) is 14.4. The second kappa shape index (κ2) is 6.47. The number of hydrazone groups is 1.